The van der Waals surface area contributed by atoms with Crippen molar-refractivity contribution in [3.05, 3.63) is 88.2 Å². The van der Waals surface area contributed by atoms with Gasteiger partial charge in [0.25, 0.3) is 5.91 Å². The number of halogens is 2. The predicted octanol–water partition coefficient (Wildman–Crippen LogP) is 4.77. The molecular weight excluding hydrogens is 537 g/mol. The van der Waals surface area contributed by atoms with Crippen molar-refractivity contribution in [1.29, 1.82) is 0 Å². The molecule has 192 valence electrons. The highest BCUT2D eigenvalue weighted by atomic mass is 35.5. The Morgan fingerprint density at radius 2 is 1.81 bits per heavy atom. The summed E-state index contributed by atoms with van der Waals surface area (Å²) in [6.45, 7) is 0.700. The number of carbonyl (C=O) groups is 1. The van der Waals surface area contributed by atoms with Crippen LogP contribution in [0.3, 0.4) is 0 Å². The zero-order chi connectivity index (χ0) is 26.4. The molecule has 2 heterocycles. The van der Waals surface area contributed by atoms with Gasteiger partial charge in [-0.2, -0.15) is 0 Å². The average molecular weight is 560 g/mol. The molecule has 4 aromatic rings. The summed E-state index contributed by atoms with van der Waals surface area (Å²) in [5, 5.41) is 11.8. The summed E-state index contributed by atoms with van der Waals surface area (Å²) >= 11 is 7.29. The van der Waals surface area contributed by atoms with Crippen LogP contribution < -0.4 is 5.73 Å². The number of nitrogens with zero attached hydrogens (tertiary/aromatic N) is 2. The molecule has 0 saturated carbocycles. The van der Waals surface area contributed by atoms with Crippen LogP contribution in [0, 0.1) is 5.82 Å². The number of piperidine rings is 1. The third-order valence-corrected chi connectivity index (χ3v) is 9.44. The van der Waals surface area contributed by atoms with Crippen LogP contribution in [-0.2, 0) is 21.2 Å². The Labute approximate surface area is 222 Å². The molecule has 0 radical (unpaired) electrons. The number of aromatic nitrogens is 1. The van der Waals surface area contributed by atoms with Gasteiger partial charge in [0, 0.05) is 29.2 Å². The van der Waals surface area contributed by atoms with E-state index < -0.39 is 21.3 Å². The van der Waals surface area contributed by atoms with Crippen LogP contribution in [0.15, 0.2) is 65.6 Å². The summed E-state index contributed by atoms with van der Waals surface area (Å²) < 4.78 is 40.6. The van der Waals surface area contributed by atoms with Gasteiger partial charge in [0.05, 0.1) is 20.9 Å². The molecule has 11 heteroatoms. The Morgan fingerprint density at radius 1 is 1.14 bits per heavy atom. The second-order valence-electron chi connectivity index (χ2n) is 9.06. The molecule has 0 bridgehead atoms. The van der Waals surface area contributed by atoms with Crippen molar-refractivity contribution in [3.63, 3.8) is 0 Å². The van der Waals surface area contributed by atoms with Gasteiger partial charge in [-0.3, -0.25) is 4.79 Å². The van der Waals surface area contributed by atoms with Gasteiger partial charge in [0.1, 0.15) is 11.3 Å². The maximum absolute atomic E-state index is 14.1. The van der Waals surface area contributed by atoms with Gasteiger partial charge >= 0.3 is 0 Å². The predicted molar refractivity (Wildman–Crippen MR) is 142 cm³/mol. The fraction of sp³-hybridized carbons (Fsp3) is 0.231. The van der Waals surface area contributed by atoms with Crippen molar-refractivity contribution in [2.45, 2.75) is 29.1 Å². The van der Waals surface area contributed by atoms with E-state index in [0.29, 0.717) is 52.3 Å². The molecule has 0 spiro atoms. The summed E-state index contributed by atoms with van der Waals surface area (Å²) in [6.07, 6.45) is 0.698. The van der Waals surface area contributed by atoms with E-state index in [1.807, 2.05) is 6.07 Å². The van der Waals surface area contributed by atoms with Gasteiger partial charge in [-0.25, -0.2) is 17.8 Å². The van der Waals surface area contributed by atoms with Crippen LogP contribution >= 0.6 is 22.9 Å². The van der Waals surface area contributed by atoms with Gasteiger partial charge in [0.15, 0.2) is 15.0 Å². The molecule has 1 saturated heterocycles. The Hall–Kier alpha value is -3.05. The first kappa shape index (κ1) is 25.6. The highest BCUT2D eigenvalue weighted by Gasteiger charge is 2.37. The third-order valence-electron chi connectivity index (χ3n) is 6.59. The van der Waals surface area contributed by atoms with E-state index in [4.69, 9.17) is 17.3 Å². The minimum atomic E-state index is -3.93. The molecule has 1 aliphatic rings. The lowest BCUT2D eigenvalue weighted by Crippen LogP contribution is -2.45. The SMILES string of the molecule is Nc1nc2c(S(=O)(=O)Cc3ccc(C(=O)N4CCC(O)(c5ccccc5Cl)CC4)cc3)cc(F)cc2s1. The van der Waals surface area contributed by atoms with E-state index in [0.717, 1.165) is 17.4 Å². The second kappa shape index (κ2) is 9.68. The number of sulfone groups is 1. The minimum absolute atomic E-state index is 0.151. The van der Waals surface area contributed by atoms with E-state index in [1.54, 1.807) is 47.4 Å². The summed E-state index contributed by atoms with van der Waals surface area (Å²) in [4.78, 5) is 18.6. The minimum Gasteiger partial charge on any atom is -0.385 e. The number of hydrogen-bond donors (Lipinski definition) is 2. The first-order valence-corrected chi connectivity index (χ1v) is 14.3. The second-order valence-corrected chi connectivity index (χ2v) is 12.5. The summed E-state index contributed by atoms with van der Waals surface area (Å²) in [6, 6.07) is 15.6. The third kappa shape index (κ3) is 5.06. The van der Waals surface area contributed by atoms with E-state index in [1.165, 1.54) is 6.07 Å². The lowest BCUT2D eigenvalue weighted by Gasteiger charge is -2.39. The molecule has 0 aliphatic carbocycles. The molecule has 0 unspecified atom stereocenters. The lowest BCUT2D eigenvalue weighted by molar-refractivity contribution is -0.0210. The molecule has 5 rings (SSSR count). The van der Waals surface area contributed by atoms with Crippen molar-refractivity contribution in [3.8, 4) is 0 Å². The fourth-order valence-corrected chi connectivity index (χ4v) is 7.32. The quantitative estimate of drug-likeness (QED) is 0.364. The summed E-state index contributed by atoms with van der Waals surface area (Å²) in [5.41, 5.74) is 6.26. The standard InChI is InChI=1S/C26H23ClFN3O4S2/c27-20-4-2-1-3-19(20)26(33)9-11-31(12-10-26)24(32)17-7-5-16(6-8-17)15-37(34,35)22-14-18(28)13-21-23(22)30-25(29)36-21/h1-8,13-14,33H,9-12,15H2,(H2,29,30). The maximum atomic E-state index is 14.1. The average Bonchev–Trinajstić information content (AvgIpc) is 3.23. The highest BCUT2D eigenvalue weighted by Crippen LogP contribution is 2.37. The summed E-state index contributed by atoms with van der Waals surface area (Å²) in [7, 11) is -3.93. The first-order valence-electron chi connectivity index (χ1n) is 11.5. The molecule has 1 amide bonds. The number of fused-ring (bicyclic) bond motifs is 1. The van der Waals surface area contributed by atoms with Crippen molar-refractivity contribution >= 4 is 54.0 Å². The number of anilines is 1. The van der Waals surface area contributed by atoms with Crippen molar-refractivity contribution in [2.75, 3.05) is 18.8 Å². The van der Waals surface area contributed by atoms with Gasteiger partial charge in [-0.15, -0.1) is 0 Å². The Bertz CT molecular complexity index is 1600. The normalized spacial score (nSPS) is 15.7. The van der Waals surface area contributed by atoms with Crippen LogP contribution in [0.4, 0.5) is 9.52 Å². The van der Waals surface area contributed by atoms with Crippen LogP contribution in [0.2, 0.25) is 5.02 Å². The van der Waals surface area contributed by atoms with E-state index in [2.05, 4.69) is 4.98 Å². The number of nitrogen functional groups attached to an aromatic ring is 1. The Morgan fingerprint density at radius 3 is 2.49 bits per heavy atom. The van der Waals surface area contributed by atoms with Crippen LogP contribution in [0.1, 0.15) is 34.3 Å². The van der Waals surface area contributed by atoms with Crippen molar-refractivity contribution < 1.29 is 22.7 Å². The monoisotopic (exact) mass is 559 g/mol. The van der Waals surface area contributed by atoms with Crippen LogP contribution in [0.25, 0.3) is 10.2 Å². The number of carbonyl (C=O) groups excluding carboxylic acids is 1. The first-order chi connectivity index (χ1) is 17.6. The number of nitrogens with two attached hydrogens (primary N) is 1. The van der Waals surface area contributed by atoms with E-state index in [9.17, 15) is 22.7 Å². The van der Waals surface area contributed by atoms with Gasteiger partial charge in [-0.1, -0.05) is 53.3 Å². The summed E-state index contributed by atoms with van der Waals surface area (Å²) in [5.74, 6) is -1.27. The zero-order valence-corrected chi connectivity index (χ0v) is 21.9. The molecule has 1 fully saturated rings. The van der Waals surface area contributed by atoms with Gasteiger partial charge < -0.3 is 15.7 Å². The molecule has 37 heavy (non-hydrogen) atoms. The van der Waals surface area contributed by atoms with Crippen LogP contribution in [-0.4, -0.2) is 42.4 Å². The maximum Gasteiger partial charge on any atom is 0.253 e. The molecule has 1 aromatic heterocycles. The molecule has 7 nitrogen and oxygen atoms in total. The van der Waals surface area contributed by atoms with E-state index in [-0.39, 0.29) is 27.2 Å². The van der Waals surface area contributed by atoms with Crippen molar-refractivity contribution in [2.24, 2.45) is 0 Å². The Balaban J connectivity index is 1.29. The lowest BCUT2D eigenvalue weighted by atomic mass is 9.84. The Kier molecular flexibility index (Phi) is 6.70. The number of benzene rings is 3. The van der Waals surface area contributed by atoms with Crippen molar-refractivity contribution in [1.82, 2.24) is 9.88 Å². The molecular formula is C26H23ClFN3O4S2. The van der Waals surface area contributed by atoms with Gasteiger partial charge in [0.2, 0.25) is 0 Å². The zero-order valence-electron chi connectivity index (χ0n) is 19.5. The molecule has 3 N–H and O–H groups in total. The number of likely N-dealkylation sites (tertiary alicyclic amines) is 1. The molecule has 1 aliphatic heterocycles. The largest absolute Gasteiger partial charge is 0.385 e. The number of aliphatic hydroxyl groups is 1. The van der Waals surface area contributed by atoms with Crippen LogP contribution in [0.5, 0.6) is 0 Å². The number of rotatable bonds is 5. The molecule has 3 aromatic carbocycles. The highest BCUT2D eigenvalue weighted by molar-refractivity contribution is 7.90. The molecule has 0 atom stereocenters. The number of hydrogen-bond acceptors (Lipinski definition) is 7. The fourth-order valence-electron chi connectivity index (χ4n) is 4.63. The smallest absolute Gasteiger partial charge is 0.253 e. The van der Waals surface area contributed by atoms with E-state index >= 15 is 0 Å². The number of amides is 1. The number of thiazole rings is 1. The topological polar surface area (TPSA) is 114 Å². The van der Waals surface area contributed by atoms with Gasteiger partial charge in [-0.05, 0) is 48.7 Å².